The lowest BCUT2D eigenvalue weighted by Crippen LogP contribution is -2.44. The van der Waals surface area contributed by atoms with Crippen LogP contribution in [0.5, 0.6) is 0 Å². The second kappa shape index (κ2) is 16.3. The van der Waals surface area contributed by atoms with Gasteiger partial charge in [0.1, 0.15) is 5.78 Å². The van der Waals surface area contributed by atoms with Gasteiger partial charge in [0.15, 0.2) is 16.6 Å². The second-order valence-corrected chi connectivity index (χ2v) is 25.4. The number of benzene rings is 1. The van der Waals surface area contributed by atoms with Crippen molar-refractivity contribution in [2.45, 2.75) is 161 Å². The molecule has 4 atom stereocenters. The van der Waals surface area contributed by atoms with Crippen molar-refractivity contribution in [3.05, 3.63) is 47.5 Å². The van der Waals surface area contributed by atoms with E-state index < -0.39 is 16.6 Å². The number of methoxy groups -OCH3 is 1. The zero-order valence-electron chi connectivity index (χ0n) is 30.2. The van der Waals surface area contributed by atoms with Gasteiger partial charge in [0.2, 0.25) is 0 Å². The van der Waals surface area contributed by atoms with E-state index in [1.54, 1.807) is 0 Å². The quantitative estimate of drug-likeness (QED) is 0.0775. The van der Waals surface area contributed by atoms with E-state index in [2.05, 4.69) is 111 Å². The summed E-state index contributed by atoms with van der Waals surface area (Å²) in [6, 6.07) is 9.00. The average molecular weight is 645 g/mol. The zero-order valence-corrected chi connectivity index (χ0v) is 32.2. The van der Waals surface area contributed by atoms with Crippen LogP contribution in [0.3, 0.4) is 0 Å². The largest absolute Gasteiger partial charge is 0.469 e. The Kier molecular flexibility index (Phi) is 14.3. The van der Waals surface area contributed by atoms with Crippen LogP contribution in [0.15, 0.2) is 36.4 Å². The fourth-order valence-electron chi connectivity index (χ4n) is 5.50. The van der Waals surface area contributed by atoms with Gasteiger partial charge in [0.25, 0.3) is 0 Å². The summed E-state index contributed by atoms with van der Waals surface area (Å²) < 4.78 is 18.7. The molecule has 1 fully saturated rings. The summed E-state index contributed by atoms with van der Waals surface area (Å²) in [6.45, 7) is 25.2. The van der Waals surface area contributed by atoms with Crippen molar-refractivity contribution in [3.8, 4) is 0 Å². The first-order valence-electron chi connectivity index (χ1n) is 17.0. The third-order valence-electron chi connectivity index (χ3n) is 10.4. The molecule has 1 aliphatic rings. The van der Waals surface area contributed by atoms with Crippen LogP contribution in [-0.2, 0) is 23.2 Å². The molecule has 2 rings (SSSR count). The molecule has 1 unspecified atom stereocenters. The molecule has 1 aliphatic carbocycles. The molecule has 7 heteroatoms. The monoisotopic (exact) mass is 644 g/mol. The van der Waals surface area contributed by atoms with Crippen LogP contribution in [-0.4, -0.2) is 41.6 Å². The number of hydrogen-bond acceptors (Lipinski definition) is 5. The van der Waals surface area contributed by atoms with E-state index in [1.807, 2.05) is 0 Å². The highest BCUT2D eigenvalue weighted by atomic mass is 28.4. The fourth-order valence-corrected chi connectivity index (χ4v) is 8.16. The molecule has 0 amide bonds. The highest BCUT2D eigenvalue weighted by molar-refractivity contribution is 6.74. The molecular formula is C37H64O5Si2. The highest BCUT2D eigenvalue weighted by Crippen LogP contribution is 2.47. The summed E-state index contributed by atoms with van der Waals surface area (Å²) in [5.74, 6) is 0.0167. The Labute approximate surface area is 272 Å². The molecule has 0 aliphatic heterocycles. The summed E-state index contributed by atoms with van der Waals surface area (Å²) in [5, 5.41) is 0.212. The van der Waals surface area contributed by atoms with Crippen LogP contribution in [0.25, 0.3) is 0 Å². The first-order chi connectivity index (χ1) is 20.3. The number of esters is 1. The third-order valence-corrected chi connectivity index (χ3v) is 19.4. The molecule has 5 nitrogen and oxygen atoms in total. The summed E-state index contributed by atoms with van der Waals surface area (Å²) in [4.78, 5) is 25.0. The molecule has 0 bridgehead atoms. The van der Waals surface area contributed by atoms with Gasteiger partial charge < -0.3 is 13.6 Å². The topological polar surface area (TPSA) is 61.8 Å². The summed E-state index contributed by atoms with van der Waals surface area (Å²) >= 11 is 0. The molecule has 1 aromatic rings. The number of ketones is 1. The zero-order chi connectivity index (χ0) is 33.3. The maximum atomic E-state index is 13.5. The standard InChI is InChI=1S/C37H64O5Si2/c1-13-14-17-21-32(41-43(9,10)36(2,3)4)28-23-25-29(26-24-28)35-30(20-18-15-16-19-22-34(39)40-8)31(38)27-33(35)42-44(11,12)37(5,6)7/h15,18,23-26,30,32-33,35H,13-14,16-17,19-22,27H2,1-12H3/b18-15-/t30-,32?,33+,35+/m0/s1. The Morgan fingerprint density at radius 2 is 1.55 bits per heavy atom. The first kappa shape index (κ1) is 38.6. The van der Waals surface area contributed by atoms with Gasteiger partial charge in [-0.1, -0.05) is 104 Å². The molecule has 0 radical (unpaired) electrons. The number of carbonyl (C=O) groups excluding carboxylic acids is 2. The Morgan fingerprint density at radius 3 is 2.09 bits per heavy atom. The van der Waals surface area contributed by atoms with Crippen LogP contribution < -0.4 is 0 Å². The molecule has 1 aromatic carbocycles. The molecule has 0 aromatic heterocycles. The minimum atomic E-state index is -2.09. The van der Waals surface area contributed by atoms with Crippen molar-refractivity contribution < 1.29 is 23.2 Å². The second-order valence-electron chi connectivity index (χ2n) is 15.9. The number of carbonyl (C=O) groups is 2. The van der Waals surface area contributed by atoms with E-state index in [0.717, 1.165) is 25.7 Å². The minimum Gasteiger partial charge on any atom is -0.469 e. The van der Waals surface area contributed by atoms with Crippen molar-refractivity contribution in [2.24, 2.45) is 5.92 Å². The highest BCUT2D eigenvalue weighted by Gasteiger charge is 2.48. The van der Waals surface area contributed by atoms with Gasteiger partial charge in [0, 0.05) is 24.7 Å². The first-order valence-corrected chi connectivity index (χ1v) is 22.9. The molecule has 44 heavy (non-hydrogen) atoms. The molecule has 0 saturated heterocycles. The molecular weight excluding hydrogens is 581 g/mol. The van der Waals surface area contributed by atoms with E-state index in [0.29, 0.717) is 25.0 Å². The number of allylic oxidation sites excluding steroid dienone is 2. The Bertz CT molecular complexity index is 1080. The Morgan fingerprint density at radius 1 is 0.932 bits per heavy atom. The number of rotatable bonds is 16. The van der Waals surface area contributed by atoms with Crippen LogP contribution in [0, 0.1) is 5.92 Å². The maximum absolute atomic E-state index is 13.5. The lowest BCUT2D eigenvalue weighted by atomic mass is 9.84. The maximum Gasteiger partial charge on any atom is 0.305 e. The Balaban J connectivity index is 2.37. The van der Waals surface area contributed by atoms with E-state index in [4.69, 9.17) is 13.6 Å². The van der Waals surface area contributed by atoms with Gasteiger partial charge in [-0.3, -0.25) is 9.59 Å². The van der Waals surface area contributed by atoms with Crippen LogP contribution in [0.4, 0.5) is 0 Å². The molecule has 0 heterocycles. The SMILES string of the molecule is CCCCCC(O[Si](C)(C)C(C)(C)C)c1ccc([C@H]2[C@H](O[Si](C)(C)C(C)(C)C)CC(=O)[C@@H]2C/C=C\CCCC(=O)OC)cc1. The lowest BCUT2D eigenvalue weighted by Gasteiger charge is -2.40. The predicted octanol–water partition coefficient (Wildman–Crippen LogP) is 10.7. The number of Topliss-reactive ketones (excluding diaryl/α,β-unsaturated/α-hetero) is 1. The van der Waals surface area contributed by atoms with Gasteiger partial charge in [-0.05, 0) is 73.1 Å². The number of hydrogen-bond donors (Lipinski definition) is 0. The molecule has 0 spiro atoms. The van der Waals surface area contributed by atoms with E-state index >= 15 is 0 Å². The van der Waals surface area contributed by atoms with Gasteiger partial charge >= 0.3 is 5.97 Å². The van der Waals surface area contributed by atoms with Crippen molar-refractivity contribution >= 4 is 28.4 Å². The van der Waals surface area contributed by atoms with Crippen molar-refractivity contribution in [3.63, 3.8) is 0 Å². The van der Waals surface area contributed by atoms with Crippen molar-refractivity contribution in [2.75, 3.05) is 7.11 Å². The number of ether oxygens (including phenoxy) is 1. The van der Waals surface area contributed by atoms with Gasteiger partial charge in [-0.25, -0.2) is 0 Å². The normalized spacial score (nSPS) is 20.8. The fraction of sp³-hybridized carbons (Fsp3) is 0.730. The summed E-state index contributed by atoms with van der Waals surface area (Å²) in [5.41, 5.74) is 2.43. The van der Waals surface area contributed by atoms with E-state index in [-0.39, 0.29) is 40.1 Å². The predicted molar refractivity (Wildman–Crippen MR) is 189 cm³/mol. The minimum absolute atomic E-state index is 0.0187. The number of unbranched alkanes of at least 4 members (excludes halogenated alkanes) is 3. The molecule has 1 saturated carbocycles. The van der Waals surface area contributed by atoms with Crippen LogP contribution >= 0.6 is 0 Å². The van der Waals surface area contributed by atoms with Crippen LogP contribution in [0.1, 0.15) is 129 Å². The van der Waals surface area contributed by atoms with Crippen molar-refractivity contribution in [1.82, 2.24) is 0 Å². The average Bonchev–Trinajstić information content (AvgIpc) is 3.22. The summed E-state index contributed by atoms with van der Waals surface area (Å²) in [7, 11) is -2.62. The molecule has 250 valence electrons. The van der Waals surface area contributed by atoms with E-state index in [9.17, 15) is 9.59 Å². The lowest BCUT2D eigenvalue weighted by molar-refractivity contribution is -0.140. The Hall–Kier alpha value is -1.55. The van der Waals surface area contributed by atoms with Gasteiger partial charge in [-0.2, -0.15) is 0 Å². The van der Waals surface area contributed by atoms with Crippen LogP contribution in [0.2, 0.25) is 36.3 Å². The molecule has 0 N–H and O–H groups in total. The van der Waals surface area contributed by atoms with Gasteiger partial charge in [-0.15, -0.1) is 0 Å². The smallest absolute Gasteiger partial charge is 0.305 e. The van der Waals surface area contributed by atoms with Gasteiger partial charge in [0.05, 0.1) is 19.3 Å². The third kappa shape index (κ3) is 10.8. The van der Waals surface area contributed by atoms with Crippen molar-refractivity contribution in [1.29, 1.82) is 0 Å². The van der Waals surface area contributed by atoms with E-state index in [1.165, 1.54) is 31.1 Å². The summed E-state index contributed by atoms with van der Waals surface area (Å²) in [6.07, 6.45) is 11.9.